The predicted molar refractivity (Wildman–Crippen MR) is 39.6 cm³/mol. The van der Waals surface area contributed by atoms with Crippen LogP contribution < -0.4 is 0 Å². The molecule has 0 aromatic carbocycles. The van der Waals surface area contributed by atoms with Gasteiger partial charge in [-0.1, -0.05) is 0 Å². The average molecular weight is 222 g/mol. The molecule has 0 saturated heterocycles. The van der Waals surface area contributed by atoms with Crippen LogP contribution in [0.4, 0.5) is 0 Å². The van der Waals surface area contributed by atoms with Gasteiger partial charge in [-0.3, -0.25) is 0 Å². The van der Waals surface area contributed by atoms with Crippen molar-refractivity contribution >= 4 is 12.4 Å². The molecule has 9 heavy (non-hydrogen) atoms. The van der Waals surface area contributed by atoms with Crippen molar-refractivity contribution in [2.24, 2.45) is 0 Å². The number of hydrogen-bond donors (Lipinski definition) is 0. The topological polar surface area (TPSA) is 0 Å². The number of hydrogen-bond acceptors (Lipinski definition) is 0. The van der Waals surface area contributed by atoms with Gasteiger partial charge in [-0.25, -0.2) is 0 Å². The Balaban J connectivity index is 0.000000640. The monoisotopic (exact) mass is 220 g/mol. The van der Waals surface area contributed by atoms with Gasteiger partial charge in [0.1, 0.15) is 0 Å². The Morgan fingerprint density at radius 1 is 1.56 bits per heavy atom. The van der Waals surface area contributed by atoms with Crippen LogP contribution >= 0.6 is 12.4 Å². The first-order chi connectivity index (χ1) is 3.84. The van der Waals surface area contributed by atoms with Crippen LogP contribution in [0.1, 0.15) is 13.3 Å². The summed E-state index contributed by atoms with van der Waals surface area (Å²) in [7, 11) is 0. The fourth-order valence-corrected chi connectivity index (χ4v) is 2.88. The van der Waals surface area contributed by atoms with E-state index in [1.807, 2.05) is 0 Å². The third-order valence-electron chi connectivity index (χ3n) is 1.47. The van der Waals surface area contributed by atoms with Crippen molar-refractivity contribution in [3.63, 3.8) is 0 Å². The molecule has 0 nitrogen and oxygen atoms in total. The van der Waals surface area contributed by atoms with Crippen molar-refractivity contribution in [1.82, 2.24) is 0 Å². The molecule has 0 N–H and O–H groups in total. The fraction of sp³-hybridized carbons (Fsp3) is 0.429. The molecule has 1 aliphatic rings. The zero-order valence-electron chi connectivity index (χ0n) is 5.77. The molecule has 0 bridgehead atoms. The van der Waals surface area contributed by atoms with Crippen LogP contribution in [0.2, 0.25) is 4.63 Å². The SMILES string of the molecule is Cl.[CH3][Zr][C]1=C(C)C=CC1. The molecular weight excluding hydrogens is 211 g/mol. The molecule has 50 valence electrons. The van der Waals surface area contributed by atoms with Gasteiger partial charge in [-0.2, -0.15) is 0 Å². The first-order valence-electron chi connectivity index (χ1n) is 2.88. The second kappa shape index (κ2) is 4.47. The fourth-order valence-electron chi connectivity index (χ4n) is 0.914. The van der Waals surface area contributed by atoms with E-state index in [0.717, 1.165) is 0 Å². The van der Waals surface area contributed by atoms with Crippen molar-refractivity contribution in [2.45, 2.75) is 18.0 Å². The first kappa shape index (κ1) is 9.65. The maximum absolute atomic E-state index is 2.38. The van der Waals surface area contributed by atoms with Gasteiger partial charge in [-0.15, -0.1) is 12.4 Å². The number of allylic oxidation sites excluding steroid dienone is 4. The van der Waals surface area contributed by atoms with Crippen LogP contribution in [-0.2, 0) is 23.2 Å². The Bertz CT molecular complexity index is 147. The van der Waals surface area contributed by atoms with E-state index in [0.29, 0.717) is 0 Å². The van der Waals surface area contributed by atoms with Crippen LogP contribution in [0, 0.1) is 0 Å². The Labute approximate surface area is 74.4 Å². The molecule has 0 spiro atoms. The molecule has 0 fully saturated rings. The zero-order valence-corrected chi connectivity index (χ0v) is 9.04. The van der Waals surface area contributed by atoms with Gasteiger partial charge in [-0.05, 0) is 0 Å². The summed E-state index contributed by atoms with van der Waals surface area (Å²) >= 11 is -0.0775. The van der Waals surface area contributed by atoms with Gasteiger partial charge in [0, 0.05) is 0 Å². The van der Waals surface area contributed by atoms with Crippen LogP contribution in [0.3, 0.4) is 0 Å². The molecule has 0 heterocycles. The predicted octanol–water partition coefficient (Wildman–Crippen LogP) is 2.77. The number of halogens is 1. The minimum atomic E-state index is -0.0775. The van der Waals surface area contributed by atoms with E-state index in [9.17, 15) is 0 Å². The Kier molecular flexibility index (Phi) is 4.79. The van der Waals surface area contributed by atoms with E-state index in [2.05, 4.69) is 23.7 Å². The van der Waals surface area contributed by atoms with Gasteiger partial charge >= 0.3 is 62.2 Å². The van der Waals surface area contributed by atoms with E-state index >= 15 is 0 Å². The summed E-state index contributed by atoms with van der Waals surface area (Å²) in [5.41, 5.74) is 1.55. The molecule has 0 aromatic rings. The minimum absolute atomic E-state index is 0. The molecule has 0 unspecified atom stereocenters. The van der Waals surface area contributed by atoms with Crippen LogP contribution in [0.25, 0.3) is 0 Å². The first-order valence-corrected chi connectivity index (χ1v) is 6.57. The van der Waals surface area contributed by atoms with Crippen molar-refractivity contribution < 1.29 is 23.2 Å². The van der Waals surface area contributed by atoms with Crippen molar-refractivity contribution in [3.05, 3.63) is 21.0 Å². The summed E-state index contributed by atoms with van der Waals surface area (Å²) < 4.78 is 4.16. The molecule has 2 heteroatoms. The molecule has 0 radical (unpaired) electrons. The molecule has 0 saturated carbocycles. The third kappa shape index (κ3) is 2.39. The summed E-state index contributed by atoms with van der Waals surface area (Å²) in [6.45, 7) is 2.23. The molecular formula is C7H11ClZr. The van der Waals surface area contributed by atoms with Gasteiger partial charge in [0.15, 0.2) is 0 Å². The molecule has 0 atom stereocenters. The second-order valence-electron chi connectivity index (χ2n) is 2.02. The van der Waals surface area contributed by atoms with Gasteiger partial charge < -0.3 is 0 Å². The van der Waals surface area contributed by atoms with E-state index in [-0.39, 0.29) is 35.6 Å². The Hall–Kier alpha value is 0.653. The van der Waals surface area contributed by atoms with Crippen molar-refractivity contribution in [2.75, 3.05) is 0 Å². The Morgan fingerprint density at radius 3 is 2.44 bits per heavy atom. The molecule has 0 aliphatic heterocycles. The summed E-state index contributed by atoms with van der Waals surface area (Å²) in [5.74, 6) is 0. The second-order valence-corrected chi connectivity index (χ2v) is 4.73. The van der Waals surface area contributed by atoms with Crippen LogP contribution in [0.15, 0.2) is 21.0 Å². The quantitative estimate of drug-likeness (QED) is 0.639. The maximum atomic E-state index is 2.38. The molecule has 1 rings (SSSR count). The van der Waals surface area contributed by atoms with Gasteiger partial charge in [0.05, 0.1) is 0 Å². The van der Waals surface area contributed by atoms with E-state index < -0.39 is 0 Å². The summed E-state index contributed by atoms with van der Waals surface area (Å²) in [4.78, 5) is 0. The van der Waals surface area contributed by atoms with E-state index in [1.54, 1.807) is 8.85 Å². The van der Waals surface area contributed by atoms with E-state index in [4.69, 9.17) is 0 Å². The standard InChI is InChI=1S/C6H7.CH3.ClH.Zr/c1-6-4-2-3-5-6;;;/h2,4H,3H2,1H3;1H3;1H;. The summed E-state index contributed by atoms with van der Waals surface area (Å²) in [6, 6.07) is 0. The number of rotatable bonds is 1. The zero-order chi connectivity index (χ0) is 5.98. The van der Waals surface area contributed by atoms with E-state index in [1.165, 1.54) is 6.42 Å². The van der Waals surface area contributed by atoms with Gasteiger partial charge in [0.2, 0.25) is 0 Å². The summed E-state index contributed by atoms with van der Waals surface area (Å²) in [5, 5.41) is 0. The van der Waals surface area contributed by atoms with Gasteiger partial charge in [0.25, 0.3) is 0 Å². The van der Waals surface area contributed by atoms with Crippen molar-refractivity contribution in [1.29, 1.82) is 0 Å². The molecule has 0 aromatic heterocycles. The average Bonchev–Trinajstić information content (AvgIpc) is 2.14. The van der Waals surface area contributed by atoms with Crippen LogP contribution in [-0.4, -0.2) is 0 Å². The molecule has 1 aliphatic carbocycles. The third-order valence-corrected chi connectivity index (χ3v) is 4.42. The van der Waals surface area contributed by atoms with Crippen molar-refractivity contribution in [3.8, 4) is 0 Å². The Morgan fingerprint density at radius 2 is 2.22 bits per heavy atom. The summed E-state index contributed by atoms with van der Waals surface area (Å²) in [6.07, 6.45) is 5.79. The molecule has 0 amide bonds. The normalized spacial score (nSPS) is 15.8. The van der Waals surface area contributed by atoms with Crippen LogP contribution in [0.5, 0.6) is 0 Å².